The Morgan fingerprint density at radius 1 is 1.06 bits per heavy atom. The number of nitrogens with two attached hydrogens (primary N) is 1. The van der Waals surface area contributed by atoms with Crippen LogP contribution in [0.3, 0.4) is 0 Å². The summed E-state index contributed by atoms with van der Waals surface area (Å²) in [7, 11) is 0. The summed E-state index contributed by atoms with van der Waals surface area (Å²) in [5.74, 6) is -0.580. The molecule has 2 aromatic carbocycles. The molecular weight excluding hydrogens is 444 g/mol. The Kier molecular flexibility index (Phi) is 10.7. The molecular formula is C24H31ClN4O4. The summed E-state index contributed by atoms with van der Waals surface area (Å²) >= 11 is 6.07. The monoisotopic (exact) mass is 474 g/mol. The van der Waals surface area contributed by atoms with Gasteiger partial charge >= 0.3 is 0 Å². The van der Waals surface area contributed by atoms with E-state index in [1.54, 1.807) is 25.1 Å². The molecule has 2 unspecified atom stereocenters. The number of benzene rings is 2. The minimum Gasteiger partial charge on any atom is -0.483 e. The molecule has 9 heteroatoms. The zero-order valence-corrected chi connectivity index (χ0v) is 19.7. The molecule has 0 fully saturated rings. The molecule has 8 nitrogen and oxygen atoms in total. The van der Waals surface area contributed by atoms with Crippen LogP contribution in [0.4, 0.5) is 0 Å². The van der Waals surface area contributed by atoms with Crippen molar-refractivity contribution in [3.63, 3.8) is 0 Å². The number of rotatable bonds is 12. The van der Waals surface area contributed by atoms with Gasteiger partial charge in [-0.05, 0) is 50.5 Å². The van der Waals surface area contributed by atoms with Gasteiger partial charge in [0.15, 0.2) is 6.61 Å². The van der Waals surface area contributed by atoms with E-state index in [2.05, 4.69) is 16.0 Å². The van der Waals surface area contributed by atoms with Crippen molar-refractivity contribution < 1.29 is 19.1 Å². The summed E-state index contributed by atoms with van der Waals surface area (Å²) in [4.78, 5) is 36.5. The fraction of sp³-hybridized carbons (Fsp3) is 0.375. The van der Waals surface area contributed by atoms with E-state index in [4.69, 9.17) is 22.1 Å². The Bertz CT molecular complexity index is 939. The number of likely N-dealkylation sites (N-methyl/N-ethyl adjacent to an activating group) is 1. The maximum absolute atomic E-state index is 12.5. The molecule has 3 amide bonds. The molecule has 0 aliphatic rings. The van der Waals surface area contributed by atoms with Gasteiger partial charge in [-0.3, -0.25) is 14.4 Å². The van der Waals surface area contributed by atoms with Gasteiger partial charge in [-0.15, -0.1) is 0 Å². The predicted molar refractivity (Wildman–Crippen MR) is 128 cm³/mol. The number of aryl methyl sites for hydroxylation is 1. The predicted octanol–water partition coefficient (Wildman–Crippen LogP) is 1.94. The van der Waals surface area contributed by atoms with Gasteiger partial charge in [-0.1, -0.05) is 41.9 Å². The van der Waals surface area contributed by atoms with E-state index in [1.807, 2.05) is 37.3 Å². The summed E-state index contributed by atoms with van der Waals surface area (Å²) in [6.45, 7) is 3.87. The van der Waals surface area contributed by atoms with Crippen LogP contribution in [0.1, 0.15) is 31.4 Å². The van der Waals surface area contributed by atoms with Gasteiger partial charge in [0.1, 0.15) is 11.8 Å². The van der Waals surface area contributed by atoms with E-state index >= 15 is 0 Å². The molecule has 0 heterocycles. The van der Waals surface area contributed by atoms with E-state index in [0.29, 0.717) is 35.7 Å². The van der Waals surface area contributed by atoms with Crippen LogP contribution in [0.5, 0.6) is 5.75 Å². The van der Waals surface area contributed by atoms with Crippen LogP contribution >= 0.6 is 11.6 Å². The Hall–Kier alpha value is -3.10. The second kappa shape index (κ2) is 13.4. The van der Waals surface area contributed by atoms with Gasteiger partial charge in [-0.2, -0.15) is 0 Å². The molecule has 0 saturated heterocycles. The van der Waals surface area contributed by atoms with Crippen molar-refractivity contribution in [1.29, 1.82) is 0 Å². The van der Waals surface area contributed by atoms with Crippen LogP contribution < -0.4 is 26.4 Å². The standard InChI is InChI=1S/C24H31ClN4O4/c1-3-27-22(30)15-33-21-12-10-19(25)13-18(21)14-28-23(31)16(2)29-24(32)20(26)11-9-17-7-5-4-6-8-17/h4-8,10,12-13,16,20H,3,9,11,14-15,26H2,1-2H3,(H,27,30)(H,28,31)(H,29,32). The van der Waals surface area contributed by atoms with E-state index in [9.17, 15) is 14.4 Å². The second-order valence-corrected chi connectivity index (χ2v) is 8.01. The topological polar surface area (TPSA) is 123 Å². The molecule has 0 spiro atoms. The molecule has 5 N–H and O–H groups in total. The highest BCUT2D eigenvalue weighted by molar-refractivity contribution is 6.30. The van der Waals surface area contributed by atoms with Crippen molar-refractivity contribution >= 4 is 29.3 Å². The first-order chi connectivity index (χ1) is 15.8. The van der Waals surface area contributed by atoms with E-state index in [1.165, 1.54) is 0 Å². The lowest BCUT2D eigenvalue weighted by molar-refractivity contribution is -0.129. The fourth-order valence-electron chi connectivity index (χ4n) is 3.04. The summed E-state index contributed by atoms with van der Waals surface area (Å²) < 4.78 is 5.55. The normalized spacial score (nSPS) is 12.4. The maximum atomic E-state index is 12.5. The smallest absolute Gasteiger partial charge is 0.257 e. The van der Waals surface area contributed by atoms with Gasteiger partial charge in [0.25, 0.3) is 5.91 Å². The van der Waals surface area contributed by atoms with Gasteiger partial charge in [0.05, 0.1) is 6.04 Å². The Labute approximate surface area is 199 Å². The summed E-state index contributed by atoms with van der Waals surface area (Å²) in [6.07, 6.45) is 1.14. The molecule has 0 aliphatic heterocycles. The SMILES string of the molecule is CCNC(=O)COc1ccc(Cl)cc1CNC(=O)C(C)NC(=O)C(N)CCc1ccccc1. The van der Waals surface area contributed by atoms with Crippen LogP contribution in [0.15, 0.2) is 48.5 Å². The van der Waals surface area contributed by atoms with Crippen LogP contribution in [0, 0.1) is 0 Å². The first-order valence-corrected chi connectivity index (χ1v) is 11.2. The molecule has 33 heavy (non-hydrogen) atoms. The largest absolute Gasteiger partial charge is 0.483 e. The third-order valence-electron chi connectivity index (χ3n) is 4.88. The van der Waals surface area contributed by atoms with Crippen molar-refractivity contribution in [3.8, 4) is 5.75 Å². The minimum atomic E-state index is -0.779. The second-order valence-electron chi connectivity index (χ2n) is 7.57. The van der Waals surface area contributed by atoms with E-state index in [0.717, 1.165) is 5.56 Å². The minimum absolute atomic E-state index is 0.115. The van der Waals surface area contributed by atoms with Crippen LogP contribution in [0.2, 0.25) is 5.02 Å². The molecule has 0 aromatic heterocycles. The van der Waals surface area contributed by atoms with Crippen LogP contribution in [0.25, 0.3) is 0 Å². The first kappa shape index (κ1) is 26.2. The quantitative estimate of drug-likeness (QED) is 0.374. The van der Waals surface area contributed by atoms with Crippen molar-refractivity contribution in [1.82, 2.24) is 16.0 Å². The Balaban J connectivity index is 1.84. The molecule has 0 aliphatic carbocycles. The Morgan fingerprint density at radius 2 is 1.79 bits per heavy atom. The van der Waals surface area contributed by atoms with Crippen molar-refractivity contribution in [2.24, 2.45) is 5.73 Å². The van der Waals surface area contributed by atoms with Crippen LogP contribution in [-0.4, -0.2) is 43.0 Å². The number of ether oxygens (including phenoxy) is 1. The first-order valence-electron chi connectivity index (χ1n) is 10.9. The molecule has 0 radical (unpaired) electrons. The van der Waals surface area contributed by atoms with Crippen molar-refractivity contribution in [3.05, 3.63) is 64.7 Å². The third kappa shape index (κ3) is 9.11. The molecule has 178 valence electrons. The van der Waals surface area contributed by atoms with Crippen molar-refractivity contribution in [2.75, 3.05) is 13.2 Å². The zero-order valence-electron chi connectivity index (χ0n) is 18.9. The zero-order chi connectivity index (χ0) is 24.2. The highest BCUT2D eigenvalue weighted by Crippen LogP contribution is 2.23. The van der Waals surface area contributed by atoms with E-state index in [-0.39, 0.29) is 30.9 Å². The summed E-state index contributed by atoms with van der Waals surface area (Å²) in [5.41, 5.74) is 7.69. The fourth-order valence-corrected chi connectivity index (χ4v) is 3.23. The van der Waals surface area contributed by atoms with Gasteiger partial charge in [0.2, 0.25) is 11.8 Å². The van der Waals surface area contributed by atoms with Gasteiger partial charge < -0.3 is 26.4 Å². The average molecular weight is 475 g/mol. The molecule has 0 bridgehead atoms. The number of halogens is 1. The van der Waals surface area contributed by atoms with Gasteiger partial charge in [0, 0.05) is 23.7 Å². The maximum Gasteiger partial charge on any atom is 0.257 e. The lowest BCUT2D eigenvalue weighted by atomic mass is 10.1. The number of carbonyl (C=O) groups is 3. The summed E-state index contributed by atoms with van der Waals surface area (Å²) in [6, 6.07) is 13.2. The molecule has 2 rings (SSSR count). The van der Waals surface area contributed by atoms with E-state index < -0.39 is 12.1 Å². The number of amides is 3. The lowest BCUT2D eigenvalue weighted by Crippen LogP contribution is -2.50. The van der Waals surface area contributed by atoms with Crippen molar-refractivity contribution in [2.45, 2.75) is 45.3 Å². The number of hydrogen-bond donors (Lipinski definition) is 4. The third-order valence-corrected chi connectivity index (χ3v) is 5.12. The highest BCUT2D eigenvalue weighted by Gasteiger charge is 2.20. The number of hydrogen-bond acceptors (Lipinski definition) is 5. The Morgan fingerprint density at radius 3 is 2.48 bits per heavy atom. The molecule has 2 aromatic rings. The van der Waals surface area contributed by atoms with Crippen LogP contribution in [-0.2, 0) is 27.3 Å². The number of carbonyl (C=O) groups excluding carboxylic acids is 3. The average Bonchev–Trinajstić information content (AvgIpc) is 2.81. The lowest BCUT2D eigenvalue weighted by Gasteiger charge is -2.18. The number of nitrogens with one attached hydrogen (secondary N) is 3. The molecule has 2 atom stereocenters. The van der Waals surface area contributed by atoms with Gasteiger partial charge in [-0.25, -0.2) is 0 Å². The highest BCUT2D eigenvalue weighted by atomic mass is 35.5. The molecule has 0 saturated carbocycles. The summed E-state index contributed by atoms with van der Waals surface area (Å²) in [5, 5.41) is 8.51.